The number of benzene rings is 1. The van der Waals surface area contributed by atoms with Crippen LogP contribution in [0.5, 0.6) is 0 Å². The number of hydrogen-bond donors (Lipinski definition) is 2. The molecule has 2 aliphatic rings. The molecule has 0 aliphatic carbocycles. The average molecular weight is 507 g/mol. The Morgan fingerprint density at radius 2 is 1.86 bits per heavy atom. The molecule has 4 rings (SSSR count). The quantitative estimate of drug-likeness (QED) is 0.595. The van der Waals surface area contributed by atoms with Gasteiger partial charge >= 0.3 is 11.8 Å². The number of rotatable bonds is 5. The van der Waals surface area contributed by atoms with E-state index in [2.05, 4.69) is 66.0 Å². The molecule has 1 aromatic carbocycles. The van der Waals surface area contributed by atoms with Crippen LogP contribution in [-0.4, -0.2) is 65.4 Å². The van der Waals surface area contributed by atoms with Crippen LogP contribution in [0.2, 0.25) is 0 Å². The van der Waals surface area contributed by atoms with Gasteiger partial charge in [0.1, 0.15) is 5.82 Å². The zero-order valence-corrected chi connectivity index (χ0v) is 23.0. The number of likely N-dealkylation sites (tertiary alicyclic amines) is 1. The molecule has 3 heterocycles. The number of carbonyl (C=O) groups excluding carboxylic acids is 2. The van der Waals surface area contributed by atoms with Crippen molar-refractivity contribution < 1.29 is 9.59 Å². The first-order valence-corrected chi connectivity index (χ1v) is 13.6. The number of anilines is 3. The predicted octanol–water partition coefficient (Wildman–Crippen LogP) is 4.00. The SMILES string of the molecule is CCc1cc(NC(=O)C(=O)N2C[C@@H](C)CCC2c2ccc(N3CCN(C(C)C)CC3)c(C)c2)cnc1N. The number of piperidine rings is 1. The maximum Gasteiger partial charge on any atom is 0.313 e. The molecule has 2 aliphatic heterocycles. The summed E-state index contributed by atoms with van der Waals surface area (Å²) in [6.07, 6.45) is 4.06. The van der Waals surface area contributed by atoms with Crippen molar-refractivity contribution in [2.24, 2.45) is 5.92 Å². The minimum Gasteiger partial charge on any atom is -0.383 e. The number of nitrogens with two attached hydrogens (primary N) is 1. The van der Waals surface area contributed by atoms with Crippen LogP contribution in [0.15, 0.2) is 30.5 Å². The number of amides is 2. The van der Waals surface area contributed by atoms with Gasteiger partial charge in [0.2, 0.25) is 0 Å². The van der Waals surface area contributed by atoms with Gasteiger partial charge in [0.15, 0.2) is 0 Å². The second-order valence-corrected chi connectivity index (χ2v) is 10.9. The molecule has 2 fully saturated rings. The molecule has 2 amide bonds. The van der Waals surface area contributed by atoms with Crippen molar-refractivity contribution in [3.8, 4) is 0 Å². The van der Waals surface area contributed by atoms with E-state index in [-0.39, 0.29) is 6.04 Å². The summed E-state index contributed by atoms with van der Waals surface area (Å²) >= 11 is 0. The molecule has 8 nitrogen and oxygen atoms in total. The van der Waals surface area contributed by atoms with Gasteiger partial charge in [-0.3, -0.25) is 14.5 Å². The van der Waals surface area contributed by atoms with E-state index in [4.69, 9.17) is 5.73 Å². The Morgan fingerprint density at radius 1 is 1.14 bits per heavy atom. The number of hydrogen-bond acceptors (Lipinski definition) is 6. The molecule has 0 spiro atoms. The lowest BCUT2D eigenvalue weighted by molar-refractivity contribution is -0.146. The normalized spacial score (nSPS) is 20.8. The van der Waals surface area contributed by atoms with Crippen LogP contribution in [0.3, 0.4) is 0 Å². The van der Waals surface area contributed by atoms with Gasteiger partial charge in [0, 0.05) is 44.5 Å². The van der Waals surface area contributed by atoms with E-state index in [1.165, 1.54) is 17.4 Å². The van der Waals surface area contributed by atoms with Crippen molar-refractivity contribution in [1.29, 1.82) is 0 Å². The summed E-state index contributed by atoms with van der Waals surface area (Å²) in [7, 11) is 0. The van der Waals surface area contributed by atoms with Crippen molar-refractivity contribution in [2.75, 3.05) is 48.7 Å². The fraction of sp³-hybridized carbons (Fsp3) is 0.552. The predicted molar refractivity (Wildman–Crippen MR) is 150 cm³/mol. The highest BCUT2D eigenvalue weighted by molar-refractivity contribution is 6.39. The van der Waals surface area contributed by atoms with Gasteiger partial charge in [-0.2, -0.15) is 0 Å². The lowest BCUT2D eigenvalue weighted by Crippen LogP contribution is -2.49. The third kappa shape index (κ3) is 6.06. The van der Waals surface area contributed by atoms with Gasteiger partial charge in [-0.1, -0.05) is 26.0 Å². The number of nitrogens with one attached hydrogen (secondary N) is 1. The maximum absolute atomic E-state index is 13.4. The number of aryl methyl sites for hydroxylation is 2. The Labute approximate surface area is 221 Å². The molecule has 2 aromatic rings. The van der Waals surface area contributed by atoms with Crippen LogP contribution in [0.1, 0.15) is 63.3 Å². The van der Waals surface area contributed by atoms with Crippen LogP contribution in [0, 0.1) is 12.8 Å². The second kappa shape index (κ2) is 11.5. The molecule has 2 saturated heterocycles. The van der Waals surface area contributed by atoms with Crippen LogP contribution >= 0.6 is 0 Å². The molecular weight excluding hydrogens is 464 g/mol. The lowest BCUT2D eigenvalue weighted by Gasteiger charge is -2.40. The number of piperazine rings is 1. The standard InChI is InChI=1S/C29H42N6O2/c1-6-22-16-24(17-31-27(22)30)32-28(36)29(37)35-18-20(4)7-9-26(35)23-8-10-25(21(5)15-23)34-13-11-33(12-14-34)19(2)3/h8,10,15-17,19-20,26H,6-7,9,11-14,18H2,1-5H3,(H2,30,31)(H,32,36)/t20-,26?/m0/s1. The molecule has 0 bridgehead atoms. The van der Waals surface area contributed by atoms with Crippen molar-refractivity contribution in [1.82, 2.24) is 14.8 Å². The zero-order valence-electron chi connectivity index (χ0n) is 23.0. The molecule has 8 heteroatoms. The topological polar surface area (TPSA) is 94.8 Å². The smallest absolute Gasteiger partial charge is 0.313 e. The number of nitrogen functional groups attached to an aromatic ring is 1. The molecular formula is C29H42N6O2. The third-order valence-electron chi connectivity index (χ3n) is 7.90. The van der Waals surface area contributed by atoms with Gasteiger partial charge < -0.3 is 20.9 Å². The zero-order chi connectivity index (χ0) is 26.7. The Kier molecular flexibility index (Phi) is 8.37. The summed E-state index contributed by atoms with van der Waals surface area (Å²) in [4.78, 5) is 37.3. The van der Waals surface area contributed by atoms with Crippen LogP contribution in [-0.2, 0) is 16.0 Å². The first kappa shape index (κ1) is 26.9. The van der Waals surface area contributed by atoms with Crippen LogP contribution < -0.4 is 16.0 Å². The molecule has 37 heavy (non-hydrogen) atoms. The van der Waals surface area contributed by atoms with Gasteiger partial charge in [0.05, 0.1) is 17.9 Å². The minimum atomic E-state index is -0.635. The Balaban J connectivity index is 1.49. The number of aromatic nitrogens is 1. The van der Waals surface area contributed by atoms with Crippen LogP contribution in [0.4, 0.5) is 17.2 Å². The molecule has 1 unspecified atom stereocenters. The van der Waals surface area contributed by atoms with E-state index in [1.54, 1.807) is 11.0 Å². The average Bonchev–Trinajstić information content (AvgIpc) is 2.89. The molecule has 0 saturated carbocycles. The highest BCUT2D eigenvalue weighted by Crippen LogP contribution is 2.35. The highest BCUT2D eigenvalue weighted by Gasteiger charge is 2.34. The minimum absolute atomic E-state index is 0.115. The summed E-state index contributed by atoms with van der Waals surface area (Å²) in [6, 6.07) is 8.80. The van der Waals surface area contributed by atoms with Gasteiger partial charge in [-0.25, -0.2) is 4.98 Å². The first-order chi connectivity index (χ1) is 17.7. The van der Waals surface area contributed by atoms with E-state index in [1.807, 2.05) is 6.92 Å². The van der Waals surface area contributed by atoms with Crippen molar-refractivity contribution in [2.45, 2.75) is 66.0 Å². The Morgan fingerprint density at radius 3 is 2.51 bits per heavy atom. The second-order valence-electron chi connectivity index (χ2n) is 10.9. The van der Waals surface area contributed by atoms with E-state index in [0.717, 1.165) is 50.1 Å². The van der Waals surface area contributed by atoms with Crippen molar-refractivity contribution in [3.05, 3.63) is 47.2 Å². The maximum atomic E-state index is 13.4. The monoisotopic (exact) mass is 506 g/mol. The summed E-state index contributed by atoms with van der Waals surface area (Å²) in [5.41, 5.74) is 10.8. The first-order valence-electron chi connectivity index (χ1n) is 13.6. The van der Waals surface area contributed by atoms with Crippen LogP contribution in [0.25, 0.3) is 0 Å². The number of carbonyl (C=O) groups is 2. The molecule has 0 radical (unpaired) electrons. The molecule has 200 valence electrons. The van der Waals surface area contributed by atoms with E-state index in [0.29, 0.717) is 36.4 Å². The Hall–Kier alpha value is -3.13. The van der Waals surface area contributed by atoms with E-state index in [9.17, 15) is 9.59 Å². The molecule has 2 atom stereocenters. The van der Waals surface area contributed by atoms with E-state index >= 15 is 0 Å². The van der Waals surface area contributed by atoms with Crippen molar-refractivity contribution in [3.63, 3.8) is 0 Å². The largest absolute Gasteiger partial charge is 0.383 e. The molecule has 3 N–H and O–H groups in total. The summed E-state index contributed by atoms with van der Waals surface area (Å²) < 4.78 is 0. The van der Waals surface area contributed by atoms with Gasteiger partial charge in [0.25, 0.3) is 0 Å². The van der Waals surface area contributed by atoms with Crippen molar-refractivity contribution >= 4 is 29.0 Å². The summed E-state index contributed by atoms with van der Waals surface area (Å²) in [5.74, 6) is -0.352. The fourth-order valence-corrected chi connectivity index (χ4v) is 5.63. The Bertz CT molecular complexity index is 1130. The fourth-order valence-electron chi connectivity index (χ4n) is 5.63. The highest BCUT2D eigenvalue weighted by atomic mass is 16.2. The summed E-state index contributed by atoms with van der Waals surface area (Å²) in [6.45, 7) is 15.5. The summed E-state index contributed by atoms with van der Waals surface area (Å²) in [5, 5.41) is 2.74. The third-order valence-corrected chi connectivity index (χ3v) is 7.90. The molecule has 1 aromatic heterocycles. The van der Waals surface area contributed by atoms with Gasteiger partial charge in [-0.15, -0.1) is 0 Å². The number of pyridine rings is 1. The lowest BCUT2D eigenvalue weighted by atomic mass is 9.89. The van der Waals surface area contributed by atoms with Gasteiger partial charge in [-0.05, 0) is 74.8 Å². The number of nitrogens with zero attached hydrogens (tertiary/aromatic N) is 4. The van der Waals surface area contributed by atoms with E-state index < -0.39 is 11.8 Å².